The fourth-order valence-electron chi connectivity index (χ4n) is 4.66. The predicted molar refractivity (Wildman–Crippen MR) is 150 cm³/mol. The second-order valence-electron chi connectivity index (χ2n) is 9.84. The van der Waals surface area contributed by atoms with E-state index in [1.165, 1.54) is 4.90 Å². The Hall–Kier alpha value is -2.29. The van der Waals surface area contributed by atoms with Crippen LogP contribution in [-0.4, -0.2) is 50.0 Å². The highest BCUT2D eigenvalue weighted by Gasteiger charge is 2.32. The van der Waals surface area contributed by atoms with Gasteiger partial charge in [0.15, 0.2) is 0 Å². The number of nitrogens with zero attached hydrogens (tertiary/aromatic N) is 2. The van der Waals surface area contributed by atoms with Gasteiger partial charge in [0.25, 0.3) is 0 Å². The molecule has 0 aromatic heterocycles. The number of benzene rings is 2. The van der Waals surface area contributed by atoms with Crippen molar-refractivity contribution in [1.82, 2.24) is 10.2 Å². The van der Waals surface area contributed by atoms with Crippen LogP contribution in [0.3, 0.4) is 0 Å². The zero-order valence-corrected chi connectivity index (χ0v) is 24.1. The number of hydrogen-bond acceptors (Lipinski definition) is 4. The van der Waals surface area contributed by atoms with Crippen LogP contribution in [0.5, 0.6) is 0 Å². The van der Waals surface area contributed by atoms with Crippen molar-refractivity contribution >= 4 is 50.7 Å². The first-order valence-corrected chi connectivity index (χ1v) is 15.1. The maximum Gasteiger partial charge on any atom is 0.244 e. The molecule has 1 atom stereocenters. The SMILES string of the molecule is Cc1ccc(N(CC(=O)N(Cc2ccc(Cl)cc2Cl)[C@@H](C)C(=O)NC2CCCCC2)S(C)(=O)=O)c(C)c1. The molecule has 10 heteroatoms. The standard InChI is InChI=1S/C27H35Cl2N3O4S/c1-18-10-13-25(19(2)14-18)32(37(4,35)36)17-26(33)31(16-21-11-12-22(28)15-24(21)29)20(3)27(34)30-23-8-6-5-7-9-23/h10-15,20,23H,5-9,16-17H2,1-4H3,(H,30,34)/t20-/m0/s1. The lowest BCUT2D eigenvalue weighted by molar-refractivity contribution is -0.139. The van der Waals surface area contributed by atoms with Crippen LogP contribution in [0.25, 0.3) is 0 Å². The van der Waals surface area contributed by atoms with Crippen LogP contribution in [0.1, 0.15) is 55.7 Å². The van der Waals surface area contributed by atoms with E-state index in [0.717, 1.165) is 53.8 Å². The molecule has 7 nitrogen and oxygen atoms in total. The average molecular weight is 569 g/mol. The van der Waals surface area contributed by atoms with Crippen LogP contribution in [0.4, 0.5) is 5.69 Å². The van der Waals surface area contributed by atoms with Gasteiger partial charge in [0.1, 0.15) is 12.6 Å². The second-order valence-corrected chi connectivity index (χ2v) is 12.6. The molecule has 0 bridgehead atoms. The van der Waals surface area contributed by atoms with Crippen molar-refractivity contribution in [3.05, 3.63) is 63.1 Å². The van der Waals surface area contributed by atoms with E-state index in [1.54, 1.807) is 44.2 Å². The Balaban J connectivity index is 1.92. The van der Waals surface area contributed by atoms with Crippen molar-refractivity contribution < 1.29 is 18.0 Å². The molecule has 37 heavy (non-hydrogen) atoms. The molecule has 0 heterocycles. The molecule has 2 aromatic rings. The summed E-state index contributed by atoms with van der Waals surface area (Å²) in [5, 5.41) is 3.89. The fourth-order valence-corrected chi connectivity index (χ4v) is 6.04. The van der Waals surface area contributed by atoms with E-state index in [4.69, 9.17) is 23.2 Å². The van der Waals surface area contributed by atoms with E-state index in [0.29, 0.717) is 21.3 Å². The first-order valence-electron chi connectivity index (χ1n) is 12.5. The normalized spacial score (nSPS) is 15.2. The molecule has 1 aliphatic carbocycles. The summed E-state index contributed by atoms with van der Waals surface area (Å²) in [6, 6.07) is 9.53. The van der Waals surface area contributed by atoms with Gasteiger partial charge in [-0.25, -0.2) is 8.42 Å². The molecule has 0 spiro atoms. The second kappa shape index (κ2) is 12.5. The highest BCUT2D eigenvalue weighted by molar-refractivity contribution is 7.92. The topological polar surface area (TPSA) is 86.8 Å². The lowest BCUT2D eigenvalue weighted by Crippen LogP contribution is -2.53. The number of sulfonamides is 1. The predicted octanol–water partition coefficient (Wildman–Crippen LogP) is 5.24. The number of aryl methyl sites for hydroxylation is 2. The Bertz CT molecular complexity index is 1250. The molecule has 0 aliphatic heterocycles. The van der Waals surface area contributed by atoms with Gasteiger partial charge < -0.3 is 10.2 Å². The summed E-state index contributed by atoms with van der Waals surface area (Å²) in [4.78, 5) is 28.4. The highest BCUT2D eigenvalue weighted by Crippen LogP contribution is 2.26. The maximum absolute atomic E-state index is 13.7. The monoisotopic (exact) mass is 567 g/mol. The van der Waals surface area contributed by atoms with Gasteiger partial charge in [0.2, 0.25) is 21.8 Å². The number of carbonyl (C=O) groups is 2. The average Bonchev–Trinajstić information content (AvgIpc) is 2.82. The molecular weight excluding hydrogens is 533 g/mol. The molecule has 202 valence electrons. The van der Waals surface area contributed by atoms with Crippen molar-refractivity contribution in [2.24, 2.45) is 0 Å². The number of rotatable bonds is 9. The quantitative estimate of drug-likeness (QED) is 0.448. The van der Waals surface area contributed by atoms with E-state index < -0.39 is 28.5 Å². The van der Waals surface area contributed by atoms with Gasteiger partial charge in [-0.05, 0) is 62.9 Å². The summed E-state index contributed by atoms with van der Waals surface area (Å²) < 4.78 is 26.7. The van der Waals surface area contributed by atoms with Crippen molar-refractivity contribution in [3.63, 3.8) is 0 Å². The van der Waals surface area contributed by atoms with Gasteiger partial charge in [-0.3, -0.25) is 13.9 Å². The Kier molecular flexibility index (Phi) is 9.89. The third-order valence-electron chi connectivity index (χ3n) is 6.77. The van der Waals surface area contributed by atoms with Crippen LogP contribution in [0.2, 0.25) is 10.0 Å². The first-order chi connectivity index (χ1) is 17.4. The number of nitrogens with one attached hydrogen (secondary N) is 1. The third kappa shape index (κ3) is 7.85. The summed E-state index contributed by atoms with van der Waals surface area (Å²) in [7, 11) is -3.80. The molecule has 3 rings (SSSR count). The van der Waals surface area contributed by atoms with Gasteiger partial charge in [-0.1, -0.05) is 66.2 Å². The maximum atomic E-state index is 13.7. The Morgan fingerprint density at radius 1 is 1.05 bits per heavy atom. The van der Waals surface area contributed by atoms with E-state index in [1.807, 2.05) is 13.0 Å². The summed E-state index contributed by atoms with van der Waals surface area (Å²) in [6.07, 6.45) is 6.15. The number of amides is 2. The third-order valence-corrected chi connectivity index (χ3v) is 8.49. The molecule has 1 fully saturated rings. The highest BCUT2D eigenvalue weighted by atomic mass is 35.5. The summed E-state index contributed by atoms with van der Waals surface area (Å²) >= 11 is 12.4. The van der Waals surface area contributed by atoms with Crippen LogP contribution in [0.15, 0.2) is 36.4 Å². The fraction of sp³-hybridized carbons (Fsp3) is 0.481. The lowest BCUT2D eigenvalue weighted by Gasteiger charge is -2.33. The summed E-state index contributed by atoms with van der Waals surface area (Å²) in [6.45, 7) is 4.95. The van der Waals surface area contributed by atoms with Crippen molar-refractivity contribution in [2.45, 2.75) is 71.5 Å². The minimum Gasteiger partial charge on any atom is -0.352 e. The number of anilines is 1. The van der Waals surface area contributed by atoms with Crippen molar-refractivity contribution in [3.8, 4) is 0 Å². The molecule has 1 aliphatic rings. The largest absolute Gasteiger partial charge is 0.352 e. The molecule has 2 aromatic carbocycles. The van der Waals surface area contributed by atoms with E-state index in [-0.39, 0.29) is 18.5 Å². The molecule has 0 saturated heterocycles. The van der Waals surface area contributed by atoms with Gasteiger partial charge in [0.05, 0.1) is 11.9 Å². The minimum absolute atomic E-state index is 0.0264. The smallest absolute Gasteiger partial charge is 0.244 e. The molecule has 1 saturated carbocycles. The number of hydrogen-bond donors (Lipinski definition) is 1. The molecule has 0 radical (unpaired) electrons. The molecule has 1 N–H and O–H groups in total. The molecular formula is C27H35Cl2N3O4S. The van der Waals surface area contributed by atoms with E-state index >= 15 is 0 Å². The van der Waals surface area contributed by atoms with E-state index in [2.05, 4.69) is 5.32 Å². The van der Waals surface area contributed by atoms with Crippen molar-refractivity contribution in [1.29, 1.82) is 0 Å². The van der Waals surface area contributed by atoms with Crippen molar-refractivity contribution in [2.75, 3.05) is 17.1 Å². The van der Waals surface area contributed by atoms with Gasteiger partial charge in [-0.15, -0.1) is 0 Å². The minimum atomic E-state index is -3.80. The zero-order valence-electron chi connectivity index (χ0n) is 21.8. The van der Waals surface area contributed by atoms with Gasteiger partial charge >= 0.3 is 0 Å². The van der Waals surface area contributed by atoms with Gasteiger partial charge in [0, 0.05) is 22.6 Å². The van der Waals surface area contributed by atoms with Gasteiger partial charge in [-0.2, -0.15) is 0 Å². The molecule has 0 unspecified atom stereocenters. The van der Waals surface area contributed by atoms with Crippen LogP contribution in [0, 0.1) is 13.8 Å². The Morgan fingerprint density at radius 3 is 2.32 bits per heavy atom. The zero-order chi connectivity index (χ0) is 27.3. The number of carbonyl (C=O) groups excluding carboxylic acids is 2. The lowest BCUT2D eigenvalue weighted by atomic mass is 9.95. The Labute approximate surface area is 230 Å². The Morgan fingerprint density at radius 2 is 1.73 bits per heavy atom. The van der Waals surface area contributed by atoms with Crippen LogP contribution < -0.4 is 9.62 Å². The summed E-state index contributed by atoms with van der Waals surface area (Å²) in [5.41, 5.74) is 2.74. The summed E-state index contributed by atoms with van der Waals surface area (Å²) in [5.74, 6) is -0.787. The van der Waals surface area contributed by atoms with E-state index in [9.17, 15) is 18.0 Å². The molecule has 2 amide bonds. The van der Waals surface area contributed by atoms with Crippen LogP contribution in [-0.2, 0) is 26.2 Å². The first kappa shape index (κ1) is 29.3. The number of halogens is 2. The van der Waals surface area contributed by atoms with Crippen LogP contribution >= 0.6 is 23.2 Å².